The Balaban J connectivity index is 2.86. The molecule has 1 fully saturated rings. The summed E-state index contributed by atoms with van der Waals surface area (Å²) in [5.41, 5.74) is 10.7. The number of hydrogen-bond acceptors (Lipinski definition) is 6. The summed E-state index contributed by atoms with van der Waals surface area (Å²) in [5, 5.41) is 11.4. The lowest BCUT2D eigenvalue weighted by Crippen LogP contribution is -2.47. The molecule has 0 bridgehead atoms. The van der Waals surface area contributed by atoms with Crippen molar-refractivity contribution in [2.75, 3.05) is 0 Å². The van der Waals surface area contributed by atoms with E-state index in [4.69, 9.17) is 21.3 Å². The highest BCUT2D eigenvalue weighted by Crippen LogP contribution is 2.52. The summed E-state index contributed by atoms with van der Waals surface area (Å²) in [6.45, 7) is 4.92. The minimum atomic E-state index is -2.63. The number of alkyl halides is 2. The lowest BCUT2D eigenvalue weighted by Gasteiger charge is -2.24. The first kappa shape index (κ1) is 25.7. The van der Waals surface area contributed by atoms with E-state index in [1.807, 2.05) is 0 Å². The van der Waals surface area contributed by atoms with Crippen LogP contribution < -0.4 is 16.8 Å². The topological polar surface area (TPSA) is 162 Å². The number of nitrogens with one attached hydrogen (secondary N) is 1. The molecular weight excluding hydrogens is 404 g/mol. The number of carbonyl (C=O) groups excluding carboxylic acids is 3. The van der Waals surface area contributed by atoms with E-state index in [0.29, 0.717) is 6.42 Å². The molecule has 7 atom stereocenters. The summed E-state index contributed by atoms with van der Waals surface area (Å²) in [4.78, 5) is 47.2. The third-order valence-electron chi connectivity index (χ3n) is 5.52. The molecule has 172 valence electrons. The molecule has 1 rings (SSSR count). The Kier molecular flexibility index (Phi) is 9.60. The van der Waals surface area contributed by atoms with Gasteiger partial charge < -0.3 is 26.6 Å². The Labute approximate surface area is 173 Å². The minimum absolute atomic E-state index is 0.00109. The van der Waals surface area contributed by atoms with Crippen molar-refractivity contribution in [2.45, 2.75) is 71.1 Å². The molecule has 1 saturated carbocycles. The van der Waals surface area contributed by atoms with E-state index >= 15 is 0 Å². The number of halogens is 2. The van der Waals surface area contributed by atoms with Crippen molar-refractivity contribution in [1.82, 2.24) is 5.32 Å². The highest BCUT2D eigenvalue weighted by molar-refractivity contribution is 5.88. The molecule has 6 N–H and O–H groups in total. The molecule has 1 unspecified atom stereocenters. The van der Waals surface area contributed by atoms with Gasteiger partial charge in [0.15, 0.2) is 0 Å². The number of carboxylic acid groups (broad SMARTS) is 1. The fraction of sp³-hybridized carbons (Fsp3) is 0.789. The maximum Gasteiger partial charge on any atom is 0.329 e. The van der Waals surface area contributed by atoms with Crippen molar-refractivity contribution in [2.24, 2.45) is 35.1 Å². The maximum absolute atomic E-state index is 12.9. The number of aliphatic carboxylic acids is 1. The fourth-order valence-corrected chi connectivity index (χ4v) is 3.57. The van der Waals surface area contributed by atoms with Gasteiger partial charge in [0.25, 0.3) is 0 Å². The van der Waals surface area contributed by atoms with E-state index in [-0.39, 0.29) is 18.8 Å². The van der Waals surface area contributed by atoms with Crippen LogP contribution in [0.5, 0.6) is 0 Å². The van der Waals surface area contributed by atoms with E-state index < -0.39 is 72.5 Å². The summed E-state index contributed by atoms with van der Waals surface area (Å²) in [6, 6.07) is -2.11. The number of hydrogen-bond donors (Lipinski definition) is 4. The lowest BCUT2D eigenvalue weighted by molar-refractivity contribution is -0.156. The van der Waals surface area contributed by atoms with Crippen LogP contribution in [0.15, 0.2) is 0 Å². The quantitative estimate of drug-likeness (QED) is 0.309. The molecule has 0 aromatic carbocycles. The van der Waals surface area contributed by atoms with Gasteiger partial charge in [0.2, 0.25) is 18.2 Å². The first-order chi connectivity index (χ1) is 13.9. The zero-order valence-corrected chi connectivity index (χ0v) is 17.3. The fourth-order valence-electron chi connectivity index (χ4n) is 3.57. The van der Waals surface area contributed by atoms with Crippen LogP contribution in [0.1, 0.15) is 46.5 Å². The zero-order valence-electron chi connectivity index (χ0n) is 17.3. The van der Waals surface area contributed by atoms with E-state index in [1.54, 1.807) is 13.8 Å². The van der Waals surface area contributed by atoms with Crippen LogP contribution in [0, 0.1) is 23.7 Å². The monoisotopic (exact) mass is 435 g/mol. The van der Waals surface area contributed by atoms with Crippen molar-refractivity contribution < 1.29 is 37.8 Å². The molecule has 0 saturated heterocycles. The second kappa shape index (κ2) is 11.2. The maximum atomic E-state index is 12.9. The number of esters is 1. The highest BCUT2D eigenvalue weighted by Gasteiger charge is 2.56. The molecule has 1 aliphatic rings. The summed E-state index contributed by atoms with van der Waals surface area (Å²) in [6.07, 6.45) is -3.94. The van der Waals surface area contributed by atoms with E-state index in [1.165, 1.54) is 6.92 Å². The lowest BCUT2D eigenvalue weighted by atomic mass is 9.98. The molecule has 0 heterocycles. The second-order valence-electron chi connectivity index (χ2n) is 7.94. The van der Waals surface area contributed by atoms with Crippen LogP contribution in [0.4, 0.5) is 8.78 Å². The Bertz CT molecular complexity index is 648. The molecule has 11 heteroatoms. The number of carbonyl (C=O) groups is 4. The van der Waals surface area contributed by atoms with Crippen LogP contribution in [-0.4, -0.2) is 53.5 Å². The van der Waals surface area contributed by atoms with Crippen molar-refractivity contribution in [1.29, 1.82) is 0 Å². The largest absolute Gasteiger partial charge is 0.481 e. The minimum Gasteiger partial charge on any atom is -0.481 e. The Hall–Kier alpha value is -2.30. The molecular formula is C19H31F2N3O6. The first-order valence-electron chi connectivity index (χ1n) is 9.94. The summed E-state index contributed by atoms with van der Waals surface area (Å²) in [5.74, 6) is -5.68. The molecule has 0 aliphatic heterocycles. The normalized spacial score (nSPS) is 24.4. The number of rotatable bonds is 13. The average molecular weight is 435 g/mol. The molecule has 0 aromatic heterocycles. The standard InChI is InChI=1S/C19H31F2N3O6/c1-4-8(2)16(19(29)30-9(3)5-14(25)26)24-18(28)15-10(6-12(22)17(23)27)11(15)7-13(20)21/h8-13,15-16H,4-7,22H2,1-3H3,(H2,23,27)(H,24,28)(H,25,26)/t8-,9-,10?,11+,12-,15-,16-/m0/s1. The molecule has 0 radical (unpaired) electrons. The van der Waals surface area contributed by atoms with Gasteiger partial charge in [-0.2, -0.15) is 0 Å². The van der Waals surface area contributed by atoms with E-state index in [2.05, 4.69) is 5.32 Å². The molecule has 1 aliphatic carbocycles. The van der Waals surface area contributed by atoms with Crippen LogP contribution in [0.2, 0.25) is 0 Å². The molecule has 0 aromatic rings. The predicted octanol–water partition coefficient (Wildman–Crippen LogP) is 0.644. The smallest absolute Gasteiger partial charge is 0.329 e. The number of amides is 2. The van der Waals surface area contributed by atoms with E-state index in [9.17, 15) is 28.0 Å². The first-order valence-corrected chi connectivity index (χ1v) is 9.94. The van der Waals surface area contributed by atoms with Gasteiger partial charge in [-0.05, 0) is 31.1 Å². The molecule has 0 spiro atoms. The van der Waals surface area contributed by atoms with Gasteiger partial charge in [0.05, 0.1) is 12.5 Å². The predicted molar refractivity (Wildman–Crippen MR) is 102 cm³/mol. The van der Waals surface area contributed by atoms with Gasteiger partial charge in [-0.1, -0.05) is 20.3 Å². The van der Waals surface area contributed by atoms with Crippen LogP contribution in [0.3, 0.4) is 0 Å². The van der Waals surface area contributed by atoms with Crippen molar-refractivity contribution in [3.05, 3.63) is 0 Å². The van der Waals surface area contributed by atoms with Gasteiger partial charge in [-0.15, -0.1) is 0 Å². The third-order valence-corrected chi connectivity index (χ3v) is 5.52. The van der Waals surface area contributed by atoms with Gasteiger partial charge in [0.1, 0.15) is 12.1 Å². The van der Waals surface area contributed by atoms with E-state index in [0.717, 1.165) is 0 Å². The summed E-state index contributed by atoms with van der Waals surface area (Å²) < 4.78 is 30.9. The van der Waals surface area contributed by atoms with Gasteiger partial charge in [-0.25, -0.2) is 13.6 Å². The average Bonchev–Trinajstić information content (AvgIpc) is 3.28. The summed E-state index contributed by atoms with van der Waals surface area (Å²) >= 11 is 0. The Morgan fingerprint density at radius 2 is 1.70 bits per heavy atom. The van der Waals surface area contributed by atoms with Gasteiger partial charge in [-0.3, -0.25) is 14.4 Å². The molecule has 9 nitrogen and oxygen atoms in total. The Morgan fingerprint density at radius 3 is 2.17 bits per heavy atom. The molecule has 2 amide bonds. The van der Waals surface area contributed by atoms with Crippen molar-refractivity contribution in [3.8, 4) is 0 Å². The number of carboxylic acids is 1. The SMILES string of the molecule is CC[C@H](C)[C@H](NC(=O)[C@H]1C(C[C@H](N)C(N)=O)[C@H]1CC(F)F)C(=O)O[C@@H](C)CC(=O)O. The van der Waals surface area contributed by atoms with Crippen LogP contribution in [0.25, 0.3) is 0 Å². The zero-order chi connectivity index (χ0) is 23.2. The van der Waals surface area contributed by atoms with Crippen molar-refractivity contribution in [3.63, 3.8) is 0 Å². The van der Waals surface area contributed by atoms with Crippen LogP contribution in [-0.2, 0) is 23.9 Å². The number of nitrogens with two attached hydrogens (primary N) is 2. The van der Waals surface area contributed by atoms with Crippen LogP contribution >= 0.6 is 0 Å². The third kappa shape index (κ3) is 7.51. The van der Waals surface area contributed by atoms with Gasteiger partial charge in [0, 0.05) is 12.3 Å². The van der Waals surface area contributed by atoms with Crippen molar-refractivity contribution >= 4 is 23.8 Å². The molecule has 30 heavy (non-hydrogen) atoms. The second-order valence-corrected chi connectivity index (χ2v) is 7.94. The number of primary amides is 1. The summed E-state index contributed by atoms with van der Waals surface area (Å²) in [7, 11) is 0. The Morgan fingerprint density at radius 1 is 1.13 bits per heavy atom. The highest BCUT2D eigenvalue weighted by atomic mass is 19.3. The number of ether oxygens (including phenoxy) is 1. The van der Waals surface area contributed by atoms with Gasteiger partial charge >= 0.3 is 11.9 Å².